The predicted molar refractivity (Wildman–Crippen MR) is 169 cm³/mol. The van der Waals surface area contributed by atoms with Gasteiger partial charge in [0.1, 0.15) is 0 Å². The number of allylic oxidation sites excluding steroid dienone is 2. The Balaban J connectivity index is 1.33. The zero-order valence-corrected chi connectivity index (χ0v) is 22.6. The number of para-hydroxylation sites is 2. The molecule has 0 saturated heterocycles. The van der Waals surface area contributed by atoms with Crippen molar-refractivity contribution in [2.75, 3.05) is 9.80 Å². The smallest absolute Gasteiger partial charge is 0.0497 e. The van der Waals surface area contributed by atoms with Crippen LogP contribution in [0.3, 0.4) is 0 Å². The normalized spacial score (nSPS) is 13.9. The average molecular weight is 517 g/mol. The second-order valence-electron chi connectivity index (χ2n) is 10.4. The Bertz CT molecular complexity index is 1550. The van der Waals surface area contributed by atoms with Crippen LogP contribution in [0.15, 0.2) is 146 Å². The van der Waals surface area contributed by atoms with Crippen molar-refractivity contribution in [3.8, 4) is 0 Å². The van der Waals surface area contributed by atoms with Crippen molar-refractivity contribution in [1.82, 2.24) is 0 Å². The van der Waals surface area contributed by atoms with Crippen molar-refractivity contribution in [3.05, 3.63) is 168 Å². The van der Waals surface area contributed by atoms with Gasteiger partial charge in [0.15, 0.2) is 0 Å². The summed E-state index contributed by atoms with van der Waals surface area (Å²) in [5.41, 5.74) is 12.6. The van der Waals surface area contributed by atoms with Crippen LogP contribution in [-0.4, -0.2) is 0 Å². The lowest BCUT2D eigenvalue weighted by Gasteiger charge is -2.33. The minimum atomic E-state index is 1.04. The summed E-state index contributed by atoms with van der Waals surface area (Å²) in [7, 11) is 0. The second kappa shape index (κ2) is 10.7. The first-order chi connectivity index (χ1) is 19.9. The van der Waals surface area contributed by atoms with E-state index < -0.39 is 0 Å². The van der Waals surface area contributed by atoms with Crippen molar-refractivity contribution in [2.45, 2.75) is 25.7 Å². The summed E-state index contributed by atoms with van der Waals surface area (Å²) < 4.78 is 0. The predicted octanol–water partition coefficient (Wildman–Crippen LogP) is 9.94. The molecule has 0 atom stereocenters. The van der Waals surface area contributed by atoms with E-state index in [1.165, 1.54) is 45.0 Å². The molecule has 0 bridgehead atoms. The molecule has 0 N–H and O–H groups in total. The molecular weight excluding hydrogens is 484 g/mol. The highest BCUT2D eigenvalue weighted by Gasteiger charge is 2.23. The van der Waals surface area contributed by atoms with Gasteiger partial charge in [0, 0.05) is 45.3 Å². The van der Waals surface area contributed by atoms with Crippen LogP contribution in [0, 0.1) is 0 Å². The largest absolute Gasteiger partial charge is 0.310 e. The van der Waals surface area contributed by atoms with Gasteiger partial charge < -0.3 is 9.80 Å². The highest BCUT2D eigenvalue weighted by molar-refractivity contribution is 5.92. The van der Waals surface area contributed by atoms with Crippen molar-refractivity contribution in [2.24, 2.45) is 0 Å². The van der Waals surface area contributed by atoms with Crippen LogP contribution in [0.1, 0.15) is 35.1 Å². The SMILES string of the molecule is C1=C(N(c2ccccc2)c2ccc(N(C3=CCCc4ccccc43)c3ccccc3)cc2)c2ccccc2CC1. The highest BCUT2D eigenvalue weighted by Crippen LogP contribution is 2.42. The molecular formula is C38H32N2. The van der Waals surface area contributed by atoms with Crippen molar-refractivity contribution in [3.63, 3.8) is 0 Å². The molecule has 5 aromatic rings. The van der Waals surface area contributed by atoms with Gasteiger partial charge in [0.2, 0.25) is 0 Å². The molecule has 40 heavy (non-hydrogen) atoms. The van der Waals surface area contributed by atoms with Gasteiger partial charge in [-0.3, -0.25) is 0 Å². The topological polar surface area (TPSA) is 6.48 Å². The maximum Gasteiger partial charge on any atom is 0.0497 e. The molecule has 0 amide bonds. The minimum absolute atomic E-state index is 1.04. The molecule has 0 saturated carbocycles. The van der Waals surface area contributed by atoms with E-state index in [9.17, 15) is 0 Å². The van der Waals surface area contributed by atoms with Crippen molar-refractivity contribution >= 4 is 34.1 Å². The number of hydrogen-bond acceptors (Lipinski definition) is 2. The van der Waals surface area contributed by atoms with Gasteiger partial charge in [0.05, 0.1) is 0 Å². The van der Waals surface area contributed by atoms with Crippen LogP contribution in [0.25, 0.3) is 11.4 Å². The molecule has 7 rings (SSSR count). The molecule has 2 aliphatic carbocycles. The van der Waals surface area contributed by atoms with Gasteiger partial charge in [-0.25, -0.2) is 0 Å². The van der Waals surface area contributed by atoms with E-state index in [1.54, 1.807) is 0 Å². The van der Waals surface area contributed by atoms with Gasteiger partial charge in [0.25, 0.3) is 0 Å². The molecule has 2 nitrogen and oxygen atoms in total. The van der Waals surface area contributed by atoms with Crippen LogP contribution >= 0.6 is 0 Å². The number of rotatable bonds is 6. The third kappa shape index (κ3) is 4.52. The highest BCUT2D eigenvalue weighted by atomic mass is 15.2. The lowest BCUT2D eigenvalue weighted by atomic mass is 9.93. The Hall–Kier alpha value is -4.82. The van der Waals surface area contributed by atoms with Crippen LogP contribution in [0.4, 0.5) is 22.7 Å². The maximum atomic E-state index is 2.41. The van der Waals surface area contributed by atoms with Crippen molar-refractivity contribution in [1.29, 1.82) is 0 Å². The molecule has 0 aliphatic heterocycles. The molecule has 5 aromatic carbocycles. The fourth-order valence-corrected chi connectivity index (χ4v) is 6.11. The molecule has 2 heteroatoms. The van der Waals surface area contributed by atoms with E-state index in [0.717, 1.165) is 37.1 Å². The Labute approximate surface area is 237 Å². The van der Waals surface area contributed by atoms with Crippen LogP contribution in [0.2, 0.25) is 0 Å². The minimum Gasteiger partial charge on any atom is -0.310 e. The number of hydrogen-bond donors (Lipinski definition) is 0. The van der Waals surface area contributed by atoms with Gasteiger partial charge in [-0.2, -0.15) is 0 Å². The summed E-state index contributed by atoms with van der Waals surface area (Å²) in [5, 5.41) is 0. The first-order valence-corrected chi connectivity index (χ1v) is 14.2. The third-order valence-corrected chi connectivity index (χ3v) is 7.97. The fraction of sp³-hybridized carbons (Fsp3) is 0.105. The zero-order valence-electron chi connectivity index (χ0n) is 22.6. The summed E-state index contributed by atoms with van der Waals surface area (Å²) in [6, 6.07) is 48.2. The molecule has 0 radical (unpaired) electrons. The summed E-state index contributed by atoms with van der Waals surface area (Å²) in [5.74, 6) is 0. The molecule has 2 aliphatic rings. The first-order valence-electron chi connectivity index (χ1n) is 14.2. The van der Waals surface area contributed by atoms with Crippen LogP contribution in [0.5, 0.6) is 0 Å². The zero-order chi connectivity index (χ0) is 26.7. The number of benzene rings is 5. The quantitative estimate of drug-likeness (QED) is 0.222. The van der Waals surface area contributed by atoms with E-state index in [4.69, 9.17) is 0 Å². The molecule has 194 valence electrons. The summed E-state index contributed by atoms with van der Waals surface area (Å²) >= 11 is 0. The van der Waals surface area contributed by atoms with E-state index in [1.807, 2.05) is 0 Å². The molecule has 0 spiro atoms. The summed E-state index contributed by atoms with van der Waals surface area (Å²) in [6.07, 6.45) is 9.05. The van der Waals surface area contributed by atoms with E-state index in [-0.39, 0.29) is 0 Å². The van der Waals surface area contributed by atoms with Gasteiger partial charge in [-0.05, 0) is 85.3 Å². The third-order valence-electron chi connectivity index (χ3n) is 7.97. The number of aryl methyl sites for hydroxylation is 2. The van der Waals surface area contributed by atoms with Crippen LogP contribution in [-0.2, 0) is 12.8 Å². The number of anilines is 4. The number of nitrogens with zero attached hydrogens (tertiary/aromatic N) is 2. The molecule has 0 aromatic heterocycles. The molecule has 0 unspecified atom stereocenters. The lowest BCUT2D eigenvalue weighted by Crippen LogP contribution is -2.20. The Morgan fingerprint density at radius 3 is 1.12 bits per heavy atom. The van der Waals surface area contributed by atoms with Crippen LogP contribution < -0.4 is 9.80 Å². The van der Waals surface area contributed by atoms with E-state index >= 15 is 0 Å². The Morgan fingerprint density at radius 2 is 0.700 bits per heavy atom. The second-order valence-corrected chi connectivity index (χ2v) is 10.4. The maximum absolute atomic E-state index is 2.41. The van der Waals surface area contributed by atoms with Gasteiger partial charge in [-0.15, -0.1) is 0 Å². The first kappa shape index (κ1) is 24.2. The Morgan fingerprint density at radius 1 is 0.350 bits per heavy atom. The monoisotopic (exact) mass is 516 g/mol. The summed E-state index contributed by atoms with van der Waals surface area (Å²) in [6.45, 7) is 0. The average Bonchev–Trinajstić information content (AvgIpc) is 3.03. The van der Waals surface area contributed by atoms with Gasteiger partial charge in [-0.1, -0.05) is 97.1 Å². The molecule has 0 heterocycles. The number of fused-ring (bicyclic) bond motifs is 2. The lowest BCUT2D eigenvalue weighted by molar-refractivity contribution is 0.967. The molecule has 0 fully saturated rings. The van der Waals surface area contributed by atoms with E-state index in [0.29, 0.717) is 0 Å². The van der Waals surface area contributed by atoms with Gasteiger partial charge >= 0.3 is 0 Å². The fourth-order valence-electron chi connectivity index (χ4n) is 6.11. The Kier molecular flexibility index (Phi) is 6.51. The van der Waals surface area contributed by atoms with E-state index in [2.05, 4.69) is 155 Å². The standard InChI is InChI=1S/C38H32N2/c1-3-17-31(18-4-1)39(37-23-11-15-29-13-7-9-21-35(29)37)33-25-27-34(28-26-33)40(32-19-5-2-6-20-32)38-24-12-16-30-14-8-10-22-36(30)38/h1-10,13-14,17-28H,11-12,15-16H2. The van der Waals surface area contributed by atoms with Crippen molar-refractivity contribution < 1.29 is 0 Å². The summed E-state index contributed by atoms with van der Waals surface area (Å²) in [4.78, 5) is 4.81.